The standard InChI is InChI=1S/C8H15BF3O2/c1-7(2)14-5-4-13-6-8(3)9(10,11)12/h7H,3-6H2,1-2H3/q-1. The van der Waals surface area contributed by atoms with Gasteiger partial charge < -0.3 is 22.4 Å². The van der Waals surface area contributed by atoms with Gasteiger partial charge in [-0.05, 0) is 13.8 Å². The number of hydrogen-bond acceptors (Lipinski definition) is 2. The predicted molar refractivity (Wildman–Crippen MR) is 50.1 cm³/mol. The Hall–Kier alpha value is -0.485. The van der Waals surface area contributed by atoms with Crippen LogP contribution in [0.2, 0.25) is 0 Å². The highest BCUT2D eigenvalue weighted by Gasteiger charge is 2.26. The molecule has 0 radical (unpaired) electrons. The molecule has 0 saturated heterocycles. The second-order valence-electron chi connectivity index (χ2n) is 3.21. The lowest BCUT2D eigenvalue weighted by Crippen LogP contribution is -2.23. The molecule has 6 heteroatoms. The van der Waals surface area contributed by atoms with Gasteiger partial charge in [0.15, 0.2) is 0 Å². The van der Waals surface area contributed by atoms with Crippen LogP contribution in [-0.4, -0.2) is 32.9 Å². The number of rotatable bonds is 7. The third kappa shape index (κ3) is 6.97. The lowest BCUT2D eigenvalue weighted by atomic mass is 9.81. The van der Waals surface area contributed by atoms with E-state index >= 15 is 0 Å². The maximum Gasteiger partial charge on any atom is 0.507 e. The molecule has 0 fully saturated rings. The van der Waals surface area contributed by atoms with Crippen molar-refractivity contribution < 1.29 is 22.4 Å². The van der Waals surface area contributed by atoms with Crippen LogP contribution in [0.4, 0.5) is 12.9 Å². The van der Waals surface area contributed by atoms with Crippen LogP contribution in [0.3, 0.4) is 0 Å². The first-order valence-electron chi connectivity index (χ1n) is 4.41. The van der Waals surface area contributed by atoms with Crippen LogP contribution >= 0.6 is 0 Å². The summed E-state index contributed by atoms with van der Waals surface area (Å²) in [5.74, 6) is 0. The lowest BCUT2D eigenvalue weighted by molar-refractivity contribution is 0.0257. The van der Waals surface area contributed by atoms with Gasteiger partial charge in [-0.15, -0.1) is 12.1 Å². The van der Waals surface area contributed by atoms with E-state index in [2.05, 4.69) is 6.58 Å². The highest BCUT2D eigenvalue weighted by atomic mass is 19.4. The maximum atomic E-state index is 11.9. The van der Waals surface area contributed by atoms with Crippen LogP contribution in [0.15, 0.2) is 12.1 Å². The van der Waals surface area contributed by atoms with Gasteiger partial charge in [-0.1, -0.05) is 0 Å². The van der Waals surface area contributed by atoms with E-state index in [1.807, 2.05) is 13.8 Å². The zero-order chi connectivity index (χ0) is 11.2. The first kappa shape index (κ1) is 13.5. The number of hydrogen-bond donors (Lipinski definition) is 0. The molecule has 2 nitrogen and oxygen atoms in total. The van der Waals surface area contributed by atoms with E-state index in [1.165, 1.54) is 0 Å². The molecule has 0 spiro atoms. The Balaban J connectivity index is 3.42. The minimum absolute atomic E-state index is 0.0636. The first-order valence-corrected chi connectivity index (χ1v) is 4.41. The summed E-state index contributed by atoms with van der Waals surface area (Å²) in [5, 5.41) is 0. The minimum atomic E-state index is -4.97. The van der Waals surface area contributed by atoms with E-state index in [-0.39, 0.29) is 12.7 Å². The second-order valence-corrected chi connectivity index (χ2v) is 3.21. The molecule has 0 aliphatic rings. The summed E-state index contributed by atoms with van der Waals surface area (Å²) in [5.41, 5.74) is -0.811. The predicted octanol–water partition coefficient (Wildman–Crippen LogP) is 2.37. The van der Waals surface area contributed by atoms with Crippen molar-refractivity contribution in [2.24, 2.45) is 0 Å². The lowest BCUT2D eigenvalue weighted by Gasteiger charge is -2.17. The highest BCUT2D eigenvalue weighted by Crippen LogP contribution is 2.17. The average Bonchev–Trinajstić information content (AvgIpc) is 2.01. The molecule has 0 aromatic carbocycles. The summed E-state index contributed by atoms with van der Waals surface area (Å²) in [7, 11) is 0. The monoisotopic (exact) mass is 211 g/mol. The van der Waals surface area contributed by atoms with Gasteiger partial charge in [0.25, 0.3) is 0 Å². The van der Waals surface area contributed by atoms with Crippen LogP contribution in [0.1, 0.15) is 13.8 Å². The molecule has 0 atom stereocenters. The fraction of sp³-hybridized carbons (Fsp3) is 0.750. The molecule has 0 aromatic rings. The Morgan fingerprint density at radius 3 is 2.29 bits per heavy atom. The third-order valence-electron chi connectivity index (χ3n) is 1.43. The second kappa shape index (κ2) is 6.08. The summed E-state index contributed by atoms with van der Waals surface area (Å²) in [6.07, 6.45) is 0.0636. The highest BCUT2D eigenvalue weighted by molar-refractivity contribution is 6.66. The van der Waals surface area contributed by atoms with E-state index in [1.54, 1.807) is 0 Å². The summed E-state index contributed by atoms with van der Waals surface area (Å²) >= 11 is 0. The van der Waals surface area contributed by atoms with Crippen LogP contribution in [0.25, 0.3) is 0 Å². The van der Waals surface area contributed by atoms with Crippen LogP contribution in [0, 0.1) is 0 Å². The van der Waals surface area contributed by atoms with E-state index in [0.717, 1.165) is 0 Å². The molecular formula is C8H15BF3O2-. The summed E-state index contributed by atoms with van der Waals surface area (Å²) in [6, 6.07) is 0. The summed E-state index contributed by atoms with van der Waals surface area (Å²) < 4.78 is 45.6. The molecule has 0 rings (SSSR count). The molecule has 0 aliphatic carbocycles. The Kier molecular flexibility index (Phi) is 5.87. The molecule has 0 bridgehead atoms. The Morgan fingerprint density at radius 1 is 1.29 bits per heavy atom. The molecule has 0 amide bonds. The molecule has 0 aliphatic heterocycles. The molecule has 0 N–H and O–H groups in total. The normalized spacial score (nSPS) is 12.1. The Morgan fingerprint density at radius 2 is 1.86 bits per heavy atom. The third-order valence-corrected chi connectivity index (χ3v) is 1.43. The fourth-order valence-corrected chi connectivity index (χ4v) is 0.640. The molecule has 0 saturated carbocycles. The zero-order valence-corrected chi connectivity index (χ0v) is 8.43. The maximum absolute atomic E-state index is 11.9. The first-order chi connectivity index (χ1) is 6.34. The molecule has 14 heavy (non-hydrogen) atoms. The van der Waals surface area contributed by atoms with Crippen molar-refractivity contribution in [2.45, 2.75) is 20.0 Å². The Labute approximate surface area is 82.1 Å². The largest absolute Gasteiger partial charge is 0.507 e. The molecule has 0 aromatic heterocycles. The smallest absolute Gasteiger partial charge is 0.445 e. The van der Waals surface area contributed by atoms with Gasteiger partial charge >= 0.3 is 6.98 Å². The van der Waals surface area contributed by atoms with E-state index in [0.29, 0.717) is 6.61 Å². The van der Waals surface area contributed by atoms with E-state index < -0.39 is 19.1 Å². The van der Waals surface area contributed by atoms with Gasteiger partial charge in [0.05, 0.1) is 19.3 Å². The summed E-state index contributed by atoms with van der Waals surface area (Å²) in [6.45, 7) is 1.61. The zero-order valence-electron chi connectivity index (χ0n) is 8.43. The van der Waals surface area contributed by atoms with E-state index in [9.17, 15) is 12.9 Å². The van der Waals surface area contributed by atoms with Gasteiger partial charge in [-0.25, -0.2) is 0 Å². The van der Waals surface area contributed by atoms with Crippen molar-refractivity contribution in [3.8, 4) is 0 Å². The average molecular weight is 211 g/mol. The Bertz CT molecular complexity index is 180. The van der Waals surface area contributed by atoms with Crippen molar-refractivity contribution in [2.75, 3.05) is 19.8 Å². The topological polar surface area (TPSA) is 18.5 Å². The van der Waals surface area contributed by atoms with Gasteiger partial charge in [-0.2, -0.15) is 0 Å². The van der Waals surface area contributed by atoms with Crippen LogP contribution in [-0.2, 0) is 9.47 Å². The van der Waals surface area contributed by atoms with Gasteiger partial charge in [0.1, 0.15) is 0 Å². The van der Waals surface area contributed by atoms with Crippen LogP contribution < -0.4 is 0 Å². The van der Waals surface area contributed by atoms with Crippen molar-refractivity contribution in [3.63, 3.8) is 0 Å². The molecule has 0 unspecified atom stereocenters. The van der Waals surface area contributed by atoms with Crippen LogP contribution in [0.5, 0.6) is 0 Å². The van der Waals surface area contributed by atoms with Gasteiger partial charge in [0, 0.05) is 6.61 Å². The van der Waals surface area contributed by atoms with Crippen molar-refractivity contribution in [1.29, 1.82) is 0 Å². The minimum Gasteiger partial charge on any atom is -0.445 e. The van der Waals surface area contributed by atoms with Gasteiger partial charge in [0.2, 0.25) is 0 Å². The van der Waals surface area contributed by atoms with Gasteiger partial charge in [-0.3, -0.25) is 0 Å². The SMILES string of the molecule is C=C(COCCOC(C)C)[B-](F)(F)F. The van der Waals surface area contributed by atoms with Crippen molar-refractivity contribution in [3.05, 3.63) is 12.1 Å². The number of halogens is 3. The molecule has 84 valence electrons. The van der Waals surface area contributed by atoms with Crippen molar-refractivity contribution in [1.82, 2.24) is 0 Å². The molecule has 0 heterocycles. The van der Waals surface area contributed by atoms with E-state index in [4.69, 9.17) is 9.47 Å². The van der Waals surface area contributed by atoms with Crippen molar-refractivity contribution >= 4 is 6.98 Å². The fourth-order valence-electron chi connectivity index (χ4n) is 0.640. The summed E-state index contributed by atoms with van der Waals surface area (Å²) in [4.78, 5) is 0. The number of ether oxygens (including phenoxy) is 2. The molecular weight excluding hydrogens is 196 g/mol. The quantitative estimate of drug-likeness (QED) is 0.475.